The van der Waals surface area contributed by atoms with Crippen LogP contribution in [0.3, 0.4) is 0 Å². The zero-order valence-corrected chi connectivity index (χ0v) is 16.0. The average molecular weight is 464 g/mol. The molecule has 0 fully saturated rings. The molecule has 0 amide bonds. The SMILES string of the molecule is O=S(=O)(O)c1cc(S(=O)(=O)O)c2cc(-c3n[c]nc(F)n3)cc(S(=O)(=O)O)c2c1. The summed E-state index contributed by atoms with van der Waals surface area (Å²) in [4.78, 5) is 6.52. The lowest BCUT2D eigenvalue weighted by Crippen LogP contribution is -2.07. The molecular weight excluding hydrogens is 457 g/mol. The van der Waals surface area contributed by atoms with E-state index in [1.807, 2.05) is 6.33 Å². The highest BCUT2D eigenvalue weighted by atomic mass is 32.2. The molecular formula is C13H7FN3O9S3. The number of rotatable bonds is 4. The van der Waals surface area contributed by atoms with E-state index in [1.54, 1.807) is 0 Å². The maximum Gasteiger partial charge on any atom is 0.312 e. The highest BCUT2D eigenvalue weighted by Gasteiger charge is 2.26. The smallest absolute Gasteiger partial charge is 0.282 e. The van der Waals surface area contributed by atoms with Crippen molar-refractivity contribution in [2.75, 3.05) is 0 Å². The summed E-state index contributed by atoms with van der Waals surface area (Å²) in [6.45, 7) is 0. The lowest BCUT2D eigenvalue weighted by Gasteiger charge is -2.12. The highest BCUT2D eigenvalue weighted by Crippen LogP contribution is 2.35. The zero-order valence-electron chi connectivity index (χ0n) is 13.5. The van der Waals surface area contributed by atoms with Gasteiger partial charge in [0, 0.05) is 16.3 Å². The predicted molar refractivity (Wildman–Crippen MR) is 91.0 cm³/mol. The van der Waals surface area contributed by atoms with Gasteiger partial charge in [-0.2, -0.15) is 39.6 Å². The van der Waals surface area contributed by atoms with Crippen LogP contribution in [0.4, 0.5) is 4.39 Å². The van der Waals surface area contributed by atoms with E-state index in [0.29, 0.717) is 18.2 Å². The molecule has 0 aliphatic rings. The van der Waals surface area contributed by atoms with Crippen LogP contribution >= 0.6 is 0 Å². The van der Waals surface area contributed by atoms with Gasteiger partial charge in [-0.15, -0.1) is 0 Å². The van der Waals surface area contributed by atoms with Crippen molar-refractivity contribution >= 4 is 41.1 Å². The third kappa shape index (κ3) is 4.21. The minimum Gasteiger partial charge on any atom is -0.282 e. The van der Waals surface area contributed by atoms with Crippen LogP contribution in [0.15, 0.2) is 39.0 Å². The van der Waals surface area contributed by atoms with Gasteiger partial charge < -0.3 is 0 Å². The van der Waals surface area contributed by atoms with E-state index in [-0.39, 0.29) is 5.56 Å². The molecule has 0 unspecified atom stereocenters. The molecule has 3 N–H and O–H groups in total. The monoisotopic (exact) mass is 464 g/mol. The molecule has 1 heterocycles. The first-order chi connectivity index (χ1) is 13.2. The molecule has 1 aromatic heterocycles. The molecule has 153 valence electrons. The first kappa shape index (κ1) is 21.1. The number of halogens is 1. The fourth-order valence-electron chi connectivity index (χ4n) is 2.46. The summed E-state index contributed by atoms with van der Waals surface area (Å²) >= 11 is 0. The van der Waals surface area contributed by atoms with E-state index < -0.39 is 67.7 Å². The van der Waals surface area contributed by atoms with Crippen LogP contribution in [0.25, 0.3) is 22.2 Å². The van der Waals surface area contributed by atoms with E-state index in [0.717, 1.165) is 6.07 Å². The van der Waals surface area contributed by atoms with Gasteiger partial charge in [0.25, 0.3) is 30.4 Å². The first-order valence-electron chi connectivity index (χ1n) is 7.00. The fraction of sp³-hybridized carbons (Fsp3) is 0. The number of benzene rings is 2. The maximum absolute atomic E-state index is 13.3. The molecule has 0 atom stereocenters. The predicted octanol–water partition coefficient (Wildman–Crippen LogP) is 0.371. The minimum atomic E-state index is -5.17. The fourth-order valence-corrected chi connectivity index (χ4v) is 4.51. The van der Waals surface area contributed by atoms with Gasteiger partial charge in [-0.3, -0.25) is 13.7 Å². The Bertz CT molecular complexity index is 1490. The van der Waals surface area contributed by atoms with Crippen molar-refractivity contribution in [3.05, 3.63) is 36.7 Å². The number of fused-ring (bicyclic) bond motifs is 1. The van der Waals surface area contributed by atoms with Gasteiger partial charge in [0.05, 0.1) is 4.90 Å². The maximum atomic E-state index is 13.3. The standard InChI is InChI=1S/C13H7FN3O9S3/c14-13-16-5-15-12(17-13)6-1-8-9(10(2-6)28(21,22)23)3-7(27(18,19)20)4-11(8)29(24,25)26/h1-4H,(H,18,19,20)(H,21,22,23)(H,24,25,26). The average Bonchev–Trinajstić information content (AvgIpc) is 2.57. The van der Waals surface area contributed by atoms with Gasteiger partial charge in [0.15, 0.2) is 5.82 Å². The van der Waals surface area contributed by atoms with Crippen LogP contribution in [0.1, 0.15) is 0 Å². The van der Waals surface area contributed by atoms with Crippen LogP contribution < -0.4 is 0 Å². The molecule has 0 aliphatic carbocycles. The Morgan fingerprint density at radius 1 is 0.759 bits per heavy atom. The summed E-state index contributed by atoms with van der Waals surface area (Å²) in [5.74, 6) is -0.510. The topological polar surface area (TPSA) is 202 Å². The molecule has 2 aromatic carbocycles. The van der Waals surface area contributed by atoms with Gasteiger partial charge >= 0.3 is 6.08 Å². The van der Waals surface area contributed by atoms with Crippen LogP contribution in [0, 0.1) is 12.4 Å². The second-order valence-electron chi connectivity index (χ2n) is 5.44. The van der Waals surface area contributed by atoms with Gasteiger partial charge in [-0.05, 0) is 24.3 Å². The van der Waals surface area contributed by atoms with E-state index in [2.05, 4.69) is 15.0 Å². The van der Waals surface area contributed by atoms with Crippen molar-refractivity contribution < 1.29 is 43.3 Å². The Hall–Kier alpha value is -2.63. The van der Waals surface area contributed by atoms with Gasteiger partial charge in [-0.25, -0.2) is 4.98 Å². The Kier molecular flexibility index (Phi) is 4.88. The molecule has 0 spiro atoms. The molecule has 0 saturated carbocycles. The Balaban J connectivity index is 2.60. The summed E-state index contributed by atoms with van der Waals surface area (Å²) in [5.41, 5.74) is -0.341. The van der Waals surface area contributed by atoms with E-state index in [1.165, 1.54) is 0 Å². The number of hydrogen-bond acceptors (Lipinski definition) is 9. The largest absolute Gasteiger partial charge is 0.312 e. The van der Waals surface area contributed by atoms with Crippen molar-refractivity contribution in [3.63, 3.8) is 0 Å². The first-order valence-corrected chi connectivity index (χ1v) is 11.3. The van der Waals surface area contributed by atoms with Gasteiger partial charge in [0.1, 0.15) is 9.79 Å². The third-order valence-electron chi connectivity index (χ3n) is 3.58. The Morgan fingerprint density at radius 3 is 1.83 bits per heavy atom. The lowest BCUT2D eigenvalue weighted by atomic mass is 10.1. The normalized spacial score (nSPS) is 13.0. The number of nitrogens with zero attached hydrogens (tertiary/aromatic N) is 3. The molecule has 1 radical (unpaired) electrons. The Morgan fingerprint density at radius 2 is 1.31 bits per heavy atom. The van der Waals surface area contributed by atoms with Crippen molar-refractivity contribution in [1.29, 1.82) is 0 Å². The summed E-state index contributed by atoms with van der Waals surface area (Å²) in [7, 11) is -15.3. The van der Waals surface area contributed by atoms with Crippen molar-refractivity contribution in [2.24, 2.45) is 0 Å². The van der Waals surface area contributed by atoms with E-state index in [9.17, 15) is 43.3 Å². The van der Waals surface area contributed by atoms with Gasteiger partial charge in [0.2, 0.25) is 6.33 Å². The van der Waals surface area contributed by atoms with Crippen LogP contribution in [-0.4, -0.2) is 53.9 Å². The molecule has 12 nitrogen and oxygen atoms in total. The van der Waals surface area contributed by atoms with Crippen molar-refractivity contribution in [3.8, 4) is 11.4 Å². The molecule has 3 aromatic rings. The lowest BCUT2D eigenvalue weighted by molar-refractivity contribution is 0.478. The molecule has 3 rings (SSSR count). The quantitative estimate of drug-likeness (QED) is 0.448. The minimum absolute atomic E-state index is 0.341. The summed E-state index contributed by atoms with van der Waals surface area (Å²) in [5, 5.41) is -1.27. The Labute approximate surface area is 162 Å². The molecule has 0 saturated heterocycles. The van der Waals surface area contributed by atoms with Crippen molar-refractivity contribution in [1.82, 2.24) is 15.0 Å². The van der Waals surface area contributed by atoms with Crippen LogP contribution in [0.5, 0.6) is 0 Å². The van der Waals surface area contributed by atoms with E-state index in [4.69, 9.17) is 0 Å². The second kappa shape index (κ2) is 6.71. The summed E-state index contributed by atoms with van der Waals surface area (Å²) < 4.78 is 111. The summed E-state index contributed by atoms with van der Waals surface area (Å²) in [6.07, 6.45) is 0.573. The van der Waals surface area contributed by atoms with Crippen molar-refractivity contribution in [2.45, 2.75) is 14.7 Å². The molecule has 16 heteroatoms. The molecule has 0 bridgehead atoms. The van der Waals surface area contributed by atoms with Crippen LogP contribution in [0.2, 0.25) is 0 Å². The third-order valence-corrected chi connectivity index (χ3v) is 6.19. The van der Waals surface area contributed by atoms with Gasteiger partial charge in [-0.1, -0.05) is 0 Å². The van der Waals surface area contributed by atoms with Crippen LogP contribution in [-0.2, 0) is 30.4 Å². The zero-order chi connectivity index (χ0) is 21.8. The molecule has 29 heavy (non-hydrogen) atoms. The highest BCUT2D eigenvalue weighted by molar-refractivity contribution is 7.87. The summed E-state index contributed by atoms with van der Waals surface area (Å²) in [6, 6.07) is 2.52. The molecule has 0 aliphatic heterocycles. The number of hydrogen-bond donors (Lipinski definition) is 3. The number of aromatic nitrogens is 3. The second-order valence-corrected chi connectivity index (χ2v) is 9.65. The van der Waals surface area contributed by atoms with E-state index >= 15 is 0 Å².